The molecule has 6 heteroatoms. The van der Waals surface area contributed by atoms with Crippen LogP contribution < -0.4 is 9.47 Å². The van der Waals surface area contributed by atoms with Crippen molar-refractivity contribution in [2.75, 3.05) is 14.2 Å². The molecule has 0 saturated heterocycles. The standard InChI is InChI=1S/C15H13BrF2O3/c1-20-13-6-11(12(16)7-14(13)21-2)15(19)8-3-9(17)5-10(18)4-8/h3-7,15,19H,1-2H3. The van der Waals surface area contributed by atoms with E-state index in [1.165, 1.54) is 14.2 Å². The van der Waals surface area contributed by atoms with Gasteiger partial charge in [0.25, 0.3) is 0 Å². The molecule has 2 rings (SSSR count). The lowest BCUT2D eigenvalue weighted by Gasteiger charge is -2.17. The minimum atomic E-state index is -1.20. The highest BCUT2D eigenvalue weighted by Crippen LogP contribution is 2.38. The molecule has 0 radical (unpaired) electrons. The van der Waals surface area contributed by atoms with Gasteiger partial charge in [0.1, 0.15) is 17.7 Å². The van der Waals surface area contributed by atoms with E-state index in [0.29, 0.717) is 21.5 Å². The van der Waals surface area contributed by atoms with Gasteiger partial charge in [-0.15, -0.1) is 0 Å². The molecular formula is C15H13BrF2O3. The molecule has 0 saturated carbocycles. The number of rotatable bonds is 4. The number of aliphatic hydroxyl groups is 1. The van der Waals surface area contributed by atoms with Gasteiger partial charge >= 0.3 is 0 Å². The molecule has 0 aliphatic rings. The van der Waals surface area contributed by atoms with Crippen LogP contribution in [0.1, 0.15) is 17.2 Å². The Balaban J connectivity index is 2.49. The first kappa shape index (κ1) is 15.7. The van der Waals surface area contributed by atoms with Crippen LogP contribution in [0.3, 0.4) is 0 Å². The average Bonchev–Trinajstić information content (AvgIpc) is 2.45. The predicted octanol–water partition coefficient (Wildman–Crippen LogP) is 3.83. The number of hydrogen-bond donors (Lipinski definition) is 1. The van der Waals surface area contributed by atoms with Crippen molar-refractivity contribution in [3.8, 4) is 11.5 Å². The number of aliphatic hydroxyl groups excluding tert-OH is 1. The largest absolute Gasteiger partial charge is 0.493 e. The van der Waals surface area contributed by atoms with Crippen LogP contribution in [0.4, 0.5) is 8.78 Å². The maximum atomic E-state index is 13.3. The van der Waals surface area contributed by atoms with Crippen LogP contribution in [-0.2, 0) is 0 Å². The Morgan fingerprint density at radius 1 is 0.952 bits per heavy atom. The van der Waals surface area contributed by atoms with E-state index in [-0.39, 0.29) is 5.56 Å². The van der Waals surface area contributed by atoms with Crippen molar-refractivity contribution in [2.45, 2.75) is 6.10 Å². The monoisotopic (exact) mass is 358 g/mol. The van der Waals surface area contributed by atoms with Crippen LogP contribution in [0, 0.1) is 11.6 Å². The molecule has 0 amide bonds. The van der Waals surface area contributed by atoms with Crippen molar-refractivity contribution < 1.29 is 23.4 Å². The second-order valence-corrected chi connectivity index (χ2v) is 5.19. The summed E-state index contributed by atoms with van der Waals surface area (Å²) < 4.78 is 37.4. The first-order chi connectivity index (χ1) is 9.96. The summed E-state index contributed by atoms with van der Waals surface area (Å²) in [7, 11) is 2.95. The highest BCUT2D eigenvalue weighted by Gasteiger charge is 2.19. The van der Waals surface area contributed by atoms with Crippen molar-refractivity contribution in [1.29, 1.82) is 0 Å². The van der Waals surface area contributed by atoms with E-state index in [4.69, 9.17) is 9.47 Å². The van der Waals surface area contributed by atoms with Crippen LogP contribution in [-0.4, -0.2) is 19.3 Å². The molecule has 1 atom stereocenters. The molecule has 1 N–H and O–H groups in total. The predicted molar refractivity (Wildman–Crippen MR) is 77.7 cm³/mol. The lowest BCUT2D eigenvalue weighted by molar-refractivity contribution is 0.217. The molecule has 2 aromatic carbocycles. The first-order valence-electron chi connectivity index (χ1n) is 6.01. The lowest BCUT2D eigenvalue weighted by atomic mass is 10.0. The number of benzene rings is 2. The van der Waals surface area contributed by atoms with Gasteiger partial charge < -0.3 is 14.6 Å². The minimum Gasteiger partial charge on any atom is -0.493 e. The van der Waals surface area contributed by atoms with Crippen LogP contribution >= 0.6 is 15.9 Å². The first-order valence-corrected chi connectivity index (χ1v) is 6.81. The van der Waals surface area contributed by atoms with Crippen LogP contribution in [0.15, 0.2) is 34.8 Å². The smallest absolute Gasteiger partial charge is 0.161 e. The van der Waals surface area contributed by atoms with E-state index in [2.05, 4.69) is 15.9 Å². The third-order valence-corrected chi connectivity index (χ3v) is 3.68. The van der Waals surface area contributed by atoms with Crippen molar-refractivity contribution in [1.82, 2.24) is 0 Å². The summed E-state index contributed by atoms with van der Waals surface area (Å²) in [4.78, 5) is 0. The molecule has 112 valence electrons. The second-order valence-electron chi connectivity index (χ2n) is 4.33. The molecule has 0 aliphatic carbocycles. The topological polar surface area (TPSA) is 38.7 Å². The van der Waals surface area contributed by atoms with E-state index >= 15 is 0 Å². The summed E-state index contributed by atoms with van der Waals surface area (Å²) in [6.45, 7) is 0. The van der Waals surface area contributed by atoms with Gasteiger partial charge in [-0.3, -0.25) is 0 Å². The molecule has 0 heterocycles. The highest BCUT2D eigenvalue weighted by atomic mass is 79.9. The third-order valence-electron chi connectivity index (χ3n) is 3.00. The molecule has 0 fully saturated rings. The van der Waals surface area contributed by atoms with Gasteiger partial charge in [0, 0.05) is 16.1 Å². The van der Waals surface area contributed by atoms with Crippen LogP contribution in [0.5, 0.6) is 11.5 Å². The fraction of sp³-hybridized carbons (Fsp3) is 0.200. The van der Waals surface area contributed by atoms with Crippen molar-refractivity contribution in [3.05, 3.63) is 57.6 Å². The van der Waals surface area contributed by atoms with Gasteiger partial charge in [0.15, 0.2) is 11.5 Å². The molecule has 0 aromatic heterocycles. The summed E-state index contributed by atoms with van der Waals surface area (Å²) in [6.07, 6.45) is -1.20. The number of hydrogen-bond acceptors (Lipinski definition) is 3. The normalized spacial score (nSPS) is 12.1. The fourth-order valence-electron chi connectivity index (χ4n) is 1.99. The Morgan fingerprint density at radius 3 is 2.00 bits per heavy atom. The Kier molecular flexibility index (Phi) is 4.80. The van der Waals surface area contributed by atoms with Gasteiger partial charge in [0.05, 0.1) is 14.2 Å². The third kappa shape index (κ3) is 3.33. The van der Waals surface area contributed by atoms with Gasteiger partial charge in [0.2, 0.25) is 0 Å². The van der Waals surface area contributed by atoms with Crippen molar-refractivity contribution >= 4 is 15.9 Å². The van der Waals surface area contributed by atoms with E-state index in [0.717, 1.165) is 18.2 Å². The fourth-order valence-corrected chi connectivity index (χ4v) is 2.53. The zero-order chi connectivity index (χ0) is 15.6. The Labute approximate surface area is 129 Å². The molecule has 2 aromatic rings. The summed E-state index contributed by atoms with van der Waals surface area (Å²) in [6, 6.07) is 6.08. The quantitative estimate of drug-likeness (QED) is 0.902. The molecular weight excluding hydrogens is 346 g/mol. The molecule has 0 bridgehead atoms. The van der Waals surface area contributed by atoms with Crippen LogP contribution in [0.2, 0.25) is 0 Å². The number of halogens is 3. The van der Waals surface area contributed by atoms with E-state index in [1.807, 2.05) is 0 Å². The van der Waals surface area contributed by atoms with Crippen LogP contribution in [0.25, 0.3) is 0 Å². The average molecular weight is 359 g/mol. The second kappa shape index (κ2) is 6.41. The Bertz CT molecular complexity index is 641. The van der Waals surface area contributed by atoms with Gasteiger partial charge in [-0.2, -0.15) is 0 Å². The Hall–Kier alpha value is -1.66. The van der Waals surface area contributed by atoms with Gasteiger partial charge in [-0.25, -0.2) is 8.78 Å². The highest BCUT2D eigenvalue weighted by molar-refractivity contribution is 9.10. The van der Waals surface area contributed by atoms with Crippen molar-refractivity contribution in [3.63, 3.8) is 0 Å². The lowest BCUT2D eigenvalue weighted by Crippen LogP contribution is -2.03. The minimum absolute atomic E-state index is 0.111. The summed E-state index contributed by atoms with van der Waals surface area (Å²) in [5.74, 6) is -0.612. The Morgan fingerprint density at radius 2 is 1.48 bits per heavy atom. The molecule has 3 nitrogen and oxygen atoms in total. The molecule has 0 spiro atoms. The van der Waals surface area contributed by atoms with E-state index in [1.54, 1.807) is 12.1 Å². The molecule has 1 unspecified atom stereocenters. The zero-order valence-corrected chi connectivity index (χ0v) is 12.9. The summed E-state index contributed by atoms with van der Waals surface area (Å²) in [5.41, 5.74) is 0.526. The van der Waals surface area contributed by atoms with E-state index < -0.39 is 17.7 Å². The van der Waals surface area contributed by atoms with Crippen molar-refractivity contribution in [2.24, 2.45) is 0 Å². The van der Waals surface area contributed by atoms with Gasteiger partial charge in [-0.1, -0.05) is 15.9 Å². The number of methoxy groups -OCH3 is 2. The number of ether oxygens (including phenoxy) is 2. The summed E-state index contributed by atoms with van der Waals surface area (Å²) in [5, 5.41) is 10.3. The SMILES string of the molecule is COc1cc(Br)c(C(O)c2cc(F)cc(F)c2)cc1OC. The zero-order valence-electron chi connectivity index (χ0n) is 11.4. The van der Waals surface area contributed by atoms with Gasteiger partial charge in [-0.05, 0) is 29.8 Å². The molecule has 21 heavy (non-hydrogen) atoms. The summed E-state index contributed by atoms with van der Waals surface area (Å²) >= 11 is 3.30. The maximum absolute atomic E-state index is 13.3. The maximum Gasteiger partial charge on any atom is 0.161 e. The van der Waals surface area contributed by atoms with E-state index in [9.17, 15) is 13.9 Å². The molecule has 0 aliphatic heterocycles.